The fourth-order valence-electron chi connectivity index (χ4n) is 3.11. The molecule has 0 aliphatic carbocycles. The Morgan fingerprint density at radius 2 is 1.78 bits per heavy atom. The molecule has 0 aromatic heterocycles. The fourth-order valence-corrected chi connectivity index (χ4v) is 4.66. The molecule has 1 fully saturated rings. The lowest BCUT2D eigenvalue weighted by molar-refractivity contribution is 0.373. The number of para-hydroxylation sites is 1. The summed E-state index contributed by atoms with van der Waals surface area (Å²) in [6, 6.07) is 11.7. The van der Waals surface area contributed by atoms with Gasteiger partial charge >= 0.3 is 0 Å². The summed E-state index contributed by atoms with van der Waals surface area (Å²) in [5.74, 6) is 0.355. The molecular weight excluding hydrogens is 364 g/mol. The minimum Gasteiger partial charge on any atom is -0.504 e. The van der Waals surface area contributed by atoms with E-state index in [0.29, 0.717) is 30.1 Å². The monoisotopic (exact) mass is 388 g/mol. The van der Waals surface area contributed by atoms with Crippen molar-refractivity contribution in [2.45, 2.75) is 30.6 Å². The molecule has 3 rings (SSSR count). The molecule has 27 heavy (non-hydrogen) atoms. The van der Waals surface area contributed by atoms with E-state index in [0.717, 1.165) is 25.7 Å². The Balaban J connectivity index is 1.85. The molecule has 1 aliphatic rings. The molecule has 2 aromatic rings. The lowest BCUT2D eigenvalue weighted by Gasteiger charge is -2.20. The zero-order valence-electron chi connectivity index (χ0n) is 15.3. The van der Waals surface area contributed by atoms with Crippen LogP contribution >= 0.6 is 0 Å². The first-order valence-corrected chi connectivity index (χ1v) is 10.5. The number of nitrogens with zero attached hydrogens (tertiary/aromatic N) is 2. The van der Waals surface area contributed by atoms with Gasteiger partial charge in [0.15, 0.2) is 11.5 Å². The van der Waals surface area contributed by atoms with Gasteiger partial charge in [-0.3, -0.25) is 4.99 Å². The molecule has 0 amide bonds. The van der Waals surface area contributed by atoms with E-state index >= 15 is 0 Å². The standard InChI is InChI=1S/C20H24N2O4S/c1-26-19-11-6-8-16(20(19)23)15-21-17-9-7-10-18(14-17)27(24,25)22-12-4-2-3-5-13-22/h6-11,14-15,23H,2-5,12-13H2,1H3. The maximum atomic E-state index is 12.9. The van der Waals surface area contributed by atoms with Crippen LogP contribution in [0.3, 0.4) is 0 Å². The highest BCUT2D eigenvalue weighted by Crippen LogP contribution is 2.29. The van der Waals surface area contributed by atoms with Crippen LogP contribution in [0.25, 0.3) is 0 Å². The molecule has 1 aliphatic heterocycles. The Labute approximate surface area is 160 Å². The second-order valence-electron chi connectivity index (χ2n) is 6.47. The predicted octanol–water partition coefficient (Wildman–Crippen LogP) is 3.72. The van der Waals surface area contributed by atoms with E-state index in [1.165, 1.54) is 13.3 Å². The number of rotatable bonds is 5. The maximum Gasteiger partial charge on any atom is 0.243 e. The fraction of sp³-hybridized carbons (Fsp3) is 0.350. The largest absolute Gasteiger partial charge is 0.504 e. The number of hydrogen-bond donors (Lipinski definition) is 1. The minimum atomic E-state index is -3.52. The number of aliphatic imine (C=N–C) groups is 1. The second-order valence-corrected chi connectivity index (χ2v) is 8.41. The zero-order valence-corrected chi connectivity index (χ0v) is 16.2. The van der Waals surface area contributed by atoms with Gasteiger partial charge in [0.25, 0.3) is 0 Å². The first-order chi connectivity index (χ1) is 13.0. The number of hydrogen-bond acceptors (Lipinski definition) is 5. The Hall–Kier alpha value is -2.38. The van der Waals surface area contributed by atoms with Crippen LogP contribution in [0, 0.1) is 0 Å². The normalized spacial score (nSPS) is 16.3. The summed E-state index contributed by atoms with van der Waals surface area (Å²) in [5.41, 5.74) is 1.00. The summed E-state index contributed by atoms with van der Waals surface area (Å²) in [6.07, 6.45) is 5.43. The van der Waals surface area contributed by atoms with Crippen LogP contribution in [0.5, 0.6) is 11.5 Å². The van der Waals surface area contributed by atoms with Gasteiger partial charge in [0.1, 0.15) is 0 Å². The van der Waals surface area contributed by atoms with Crippen LogP contribution in [0.1, 0.15) is 31.2 Å². The molecule has 1 saturated heterocycles. The highest BCUT2D eigenvalue weighted by atomic mass is 32.2. The van der Waals surface area contributed by atoms with Crippen molar-refractivity contribution >= 4 is 21.9 Å². The topological polar surface area (TPSA) is 79.2 Å². The third-order valence-electron chi connectivity index (χ3n) is 4.62. The van der Waals surface area contributed by atoms with Gasteiger partial charge < -0.3 is 9.84 Å². The van der Waals surface area contributed by atoms with E-state index in [2.05, 4.69) is 4.99 Å². The quantitative estimate of drug-likeness (QED) is 0.792. The van der Waals surface area contributed by atoms with Gasteiger partial charge in [0.2, 0.25) is 10.0 Å². The van der Waals surface area contributed by atoms with E-state index in [4.69, 9.17) is 4.74 Å². The van der Waals surface area contributed by atoms with E-state index in [9.17, 15) is 13.5 Å². The van der Waals surface area contributed by atoms with E-state index < -0.39 is 10.0 Å². The molecule has 2 aromatic carbocycles. The minimum absolute atomic E-state index is 0.00269. The van der Waals surface area contributed by atoms with Crippen LogP contribution < -0.4 is 4.74 Å². The average Bonchev–Trinajstić information content (AvgIpc) is 2.97. The zero-order chi connectivity index (χ0) is 19.3. The Kier molecular flexibility index (Phi) is 6.13. The van der Waals surface area contributed by atoms with Gasteiger partial charge in [0.05, 0.1) is 17.7 Å². The number of methoxy groups -OCH3 is 1. The summed E-state index contributed by atoms with van der Waals surface area (Å²) in [6.45, 7) is 1.13. The van der Waals surface area contributed by atoms with Crippen molar-refractivity contribution in [3.05, 3.63) is 48.0 Å². The van der Waals surface area contributed by atoms with E-state index in [1.54, 1.807) is 46.8 Å². The molecule has 144 valence electrons. The van der Waals surface area contributed by atoms with Crippen molar-refractivity contribution in [2.75, 3.05) is 20.2 Å². The van der Waals surface area contributed by atoms with Crippen molar-refractivity contribution in [3.63, 3.8) is 0 Å². The van der Waals surface area contributed by atoms with Crippen molar-refractivity contribution in [1.82, 2.24) is 4.31 Å². The number of sulfonamides is 1. The third-order valence-corrected chi connectivity index (χ3v) is 6.52. The lowest BCUT2D eigenvalue weighted by Crippen LogP contribution is -2.31. The van der Waals surface area contributed by atoms with Crippen molar-refractivity contribution in [3.8, 4) is 11.5 Å². The summed E-state index contributed by atoms with van der Waals surface area (Å²) < 4.78 is 32.5. The summed E-state index contributed by atoms with van der Waals surface area (Å²) in [4.78, 5) is 4.57. The van der Waals surface area contributed by atoms with Gasteiger partial charge in [-0.25, -0.2) is 8.42 Å². The third kappa shape index (κ3) is 4.48. The summed E-state index contributed by atoms with van der Waals surface area (Å²) in [7, 11) is -2.04. The Morgan fingerprint density at radius 1 is 1.07 bits per heavy atom. The van der Waals surface area contributed by atoms with Crippen LogP contribution in [-0.2, 0) is 10.0 Å². The van der Waals surface area contributed by atoms with E-state index in [1.807, 2.05) is 0 Å². The highest BCUT2D eigenvalue weighted by Gasteiger charge is 2.25. The second kappa shape index (κ2) is 8.54. The van der Waals surface area contributed by atoms with Gasteiger partial charge in [-0.2, -0.15) is 4.31 Å². The molecule has 6 nitrogen and oxygen atoms in total. The molecule has 1 heterocycles. The summed E-state index contributed by atoms with van der Waals surface area (Å²) >= 11 is 0. The maximum absolute atomic E-state index is 12.9. The number of phenols is 1. The smallest absolute Gasteiger partial charge is 0.243 e. The summed E-state index contributed by atoms with van der Waals surface area (Å²) in [5, 5.41) is 10.1. The van der Waals surface area contributed by atoms with Gasteiger partial charge in [0, 0.05) is 24.9 Å². The van der Waals surface area contributed by atoms with Crippen molar-refractivity contribution < 1.29 is 18.3 Å². The average molecular weight is 388 g/mol. The number of aromatic hydroxyl groups is 1. The molecular formula is C20H24N2O4S. The van der Waals surface area contributed by atoms with E-state index in [-0.39, 0.29) is 10.6 Å². The Morgan fingerprint density at radius 3 is 2.48 bits per heavy atom. The molecule has 0 radical (unpaired) electrons. The molecule has 0 saturated carbocycles. The van der Waals surface area contributed by atoms with Crippen LogP contribution in [0.2, 0.25) is 0 Å². The lowest BCUT2D eigenvalue weighted by atomic mass is 10.2. The number of benzene rings is 2. The molecule has 1 N–H and O–H groups in total. The molecule has 0 unspecified atom stereocenters. The predicted molar refractivity (Wildman–Crippen MR) is 106 cm³/mol. The van der Waals surface area contributed by atoms with Crippen LogP contribution in [-0.4, -0.2) is 44.2 Å². The number of phenolic OH excluding ortho intramolecular Hbond substituents is 1. The molecule has 7 heteroatoms. The first kappa shape index (κ1) is 19.4. The molecule has 0 spiro atoms. The van der Waals surface area contributed by atoms with Gasteiger partial charge in [-0.15, -0.1) is 0 Å². The molecule has 0 atom stereocenters. The SMILES string of the molecule is COc1cccc(C=Nc2cccc(S(=O)(=O)N3CCCCCC3)c2)c1O. The highest BCUT2D eigenvalue weighted by molar-refractivity contribution is 7.89. The molecule has 0 bridgehead atoms. The van der Waals surface area contributed by atoms with Crippen LogP contribution in [0.15, 0.2) is 52.4 Å². The van der Waals surface area contributed by atoms with Crippen molar-refractivity contribution in [2.24, 2.45) is 4.99 Å². The van der Waals surface area contributed by atoms with Gasteiger partial charge in [-0.05, 0) is 43.2 Å². The van der Waals surface area contributed by atoms with Crippen molar-refractivity contribution in [1.29, 1.82) is 0 Å². The first-order valence-electron chi connectivity index (χ1n) is 9.02. The Bertz CT molecular complexity index is 917. The van der Waals surface area contributed by atoms with Gasteiger partial charge in [-0.1, -0.05) is 25.0 Å². The van der Waals surface area contributed by atoms with Crippen LogP contribution in [0.4, 0.5) is 5.69 Å². The number of ether oxygens (including phenoxy) is 1.